The Morgan fingerprint density at radius 3 is 2.52 bits per heavy atom. The van der Waals surface area contributed by atoms with Gasteiger partial charge in [-0.3, -0.25) is 5.32 Å². The lowest BCUT2D eigenvalue weighted by Crippen LogP contribution is -2.47. The monoisotopic (exact) mass is 360 g/mol. The van der Waals surface area contributed by atoms with Crippen LogP contribution in [-0.2, 0) is 5.54 Å². The normalized spacial score (nSPS) is 19.1. The van der Waals surface area contributed by atoms with Crippen LogP contribution in [0.3, 0.4) is 0 Å². The van der Waals surface area contributed by atoms with Crippen LogP contribution in [0.15, 0.2) is 66.7 Å². The van der Waals surface area contributed by atoms with Crippen molar-refractivity contribution < 1.29 is 9.90 Å². The number of rotatable bonds is 5. The molecule has 1 aliphatic rings. The molecule has 1 heterocycles. The van der Waals surface area contributed by atoms with E-state index in [0.717, 1.165) is 25.1 Å². The molecule has 1 aliphatic heterocycles. The third kappa shape index (κ3) is 3.34. The van der Waals surface area contributed by atoms with Gasteiger partial charge in [-0.15, -0.1) is 0 Å². The Hall–Kier alpha value is -2.69. The zero-order valence-corrected chi connectivity index (χ0v) is 15.4. The van der Waals surface area contributed by atoms with Gasteiger partial charge in [0.15, 0.2) is 0 Å². The van der Waals surface area contributed by atoms with Crippen LogP contribution in [-0.4, -0.2) is 30.2 Å². The van der Waals surface area contributed by atoms with Crippen molar-refractivity contribution in [2.45, 2.75) is 24.9 Å². The minimum atomic E-state index is -0.902. The number of carbonyl (C=O) groups is 1. The molecule has 3 N–H and O–H groups in total. The van der Waals surface area contributed by atoms with Gasteiger partial charge in [0.05, 0.1) is 11.1 Å². The SMILES string of the molecule is C[C@@](N[C@H]1CCNC1)(c1ccc(C(=O)O)cc1)c1cccc2ccccc12. The highest BCUT2D eigenvalue weighted by molar-refractivity contribution is 5.88. The van der Waals surface area contributed by atoms with Crippen molar-refractivity contribution in [3.05, 3.63) is 83.4 Å². The number of carboxylic acid groups (broad SMARTS) is 1. The molecule has 0 unspecified atom stereocenters. The van der Waals surface area contributed by atoms with Gasteiger partial charge in [-0.1, -0.05) is 54.6 Å². The molecule has 4 heteroatoms. The van der Waals surface area contributed by atoms with Gasteiger partial charge < -0.3 is 10.4 Å². The lowest BCUT2D eigenvalue weighted by molar-refractivity contribution is 0.0697. The maximum Gasteiger partial charge on any atom is 0.335 e. The highest BCUT2D eigenvalue weighted by Crippen LogP contribution is 2.35. The predicted octanol–water partition coefficient (Wildman–Crippen LogP) is 3.75. The summed E-state index contributed by atoms with van der Waals surface area (Å²) in [7, 11) is 0. The molecule has 1 saturated heterocycles. The van der Waals surface area contributed by atoms with E-state index in [1.54, 1.807) is 12.1 Å². The van der Waals surface area contributed by atoms with Crippen LogP contribution >= 0.6 is 0 Å². The molecule has 3 aromatic carbocycles. The minimum Gasteiger partial charge on any atom is -0.478 e. The average Bonchev–Trinajstić information content (AvgIpc) is 3.20. The molecule has 27 heavy (non-hydrogen) atoms. The summed E-state index contributed by atoms with van der Waals surface area (Å²) < 4.78 is 0. The van der Waals surface area contributed by atoms with Gasteiger partial charge in [0.25, 0.3) is 0 Å². The molecular weight excluding hydrogens is 336 g/mol. The number of carboxylic acids is 1. The Morgan fingerprint density at radius 1 is 1.07 bits per heavy atom. The third-order valence-electron chi connectivity index (χ3n) is 5.59. The Kier molecular flexibility index (Phi) is 4.68. The summed E-state index contributed by atoms with van der Waals surface area (Å²) in [5.41, 5.74) is 2.15. The van der Waals surface area contributed by atoms with Crippen molar-refractivity contribution in [2.75, 3.05) is 13.1 Å². The number of aromatic carboxylic acids is 1. The molecule has 0 aromatic heterocycles. The smallest absolute Gasteiger partial charge is 0.335 e. The number of nitrogens with one attached hydrogen (secondary N) is 2. The molecule has 1 fully saturated rings. The number of hydrogen-bond acceptors (Lipinski definition) is 3. The van der Waals surface area contributed by atoms with Crippen molar-refractivity contribution in [3.8, 4) is 0 Å². The molecule has 138 valence electrons. The van der Waals surface area contributed by atoms with E-state index >= 15 is 0 Å². The molecule has 4 nitrogen and oxygen atoms in total. The van der Waals surface area contributed by atoms with Crippen LogP contribution in [0.1, 0.15) is 34.8 Å². The molecule has 0 saturated carbocycles. The van der Waals surface area contributed by atoms with Gasteiger partial charge in [-0.25, -0.2) is 4.79 Å². The molecule has 0 spiro atoms. The zero-order chi connectivity index (χ0) is 18.9. The van der Waals surface area contributed by atoms with E-state index in [2.05, 4.69) is 60.0 Å². The summed E-state index contributed by atoms with van der Waals surface area (Å²) in [4.78, 5) is 11.3. The number of hydrogen-bond donors (Lipinski definition) is 3. The van der Waals surface area contributed by atoms with Gasteiger partial charge in [-0.05, 0) is 53.9 Å². The van der Waals surface area contributed by atoms with Gasteiger partial charge in [0, 0.05) is 12.6 Å². The van der Waals surface area contributed by atoms with Crippen LogP contribution in [0.2, 0.25) is 0 Å². The topological polar surface area (TPSA) is 61.4 Å². The van der Waals surface area contributed by atoms with E-state index in [0.29, 0.717) is 11.6 Å². The van der Waals surface area contributed by atoms with Gasteiger partial charge >= 0.3 is 5.97 Å². The molecule has 4 rings (SSSR count). The molecule has 0 radical (unpaired) electrons. The minimum absolute atomic E-state index is 0.307. The summed E-state index contributed by atoms with van der Waals surface area (Å²) in [5.74, 6) is -0.902. The van der Waals surface area contributed by atoms with Crippen molar-refractivity contribution >= 4 is 16.7 Å². The van der Waals surface area contributed by atoms with Crippen molar-refractivity contribution in [2.24, 2.45) is 0 Å². The lowest BCUT2D eigenvalue weighted by Gasteiger charge is -2.36. The van der Waals surface area contributed by atoms with Crippen LogP contribution in [0.4, 0.5) is 0 Å². The van der Waals surface area contributed by atoms with E-state index in [9.17, 15) is 9.90 Å². The first-order chi connectivity index (χ1) is 13.1. The van der Waals surface area contributed by atoms with E-state index < -0.39 is 11.5 Å². The first-order valence-electron chi connectivity index (χ1n) is 9.38. The Bertz CT molecular complexity index is 956. The van der Waals surface area contributed by atoms with Crippen LogP contribution < -0.4 is 10.6 Å². The van der Waals surface area contributed by atoms with E-state index in [1.807, 2.05) is 12.1 Å². The second-order valence-electron chi connectivity index (χ2n) is 7.37. The van der Waals surface area contributed by atoms with Crippen molar-refractivity contribution in [1.29, 1.82) is 0 Å². The summed E-state index contributed by atoms with van der Waals surface area (Å²) in [5, 5.41) is 18.9. The van der Waals surface area contributed by atoms with Crippen LogP contribution in [0.5, 0.6) is 0 Å². The molecule has 0 amide bonds. The standard InChI is InChI=1S/C23H24N2O2/c1-23(25-19-13-14-24-15-19,18-11-9-17(10-12-18)22(26)27)21-8-4-6-16-5-2-3-7-20(16)21/h2-12,19,24-25H,13-15H2,1H3,(H,26,27)/t19-,23+/m0/s1. The largest absolute Gasteiger partial charge is 0.478 e. The van der Waals surface area contributed by atoms with Gasteiger partial charge in [0.1, 0.15) is 0 Å². The van der Waals surface area contributed by atoms with Crippen molar-refractivity contribution in [1.82, 2.24) is 10.6 Å². The van der Waals surface area contributed by atoms with Crippen molar-refractivity contribution in [3.63, 3.8) is 0 Å². The molecule has 2 atom stereocenters. The molecule has 0 aliphatic carbocycles. The molecule has 3 aromatic rings. The average molecular weight is 360 g/mol. The maximum atomic E-state index is 11.3. The number of benzene rings is 3. The second kappa shape index (κ2) is 7.14. The Labute approximate surface area is 159 Å². The molecule has 0 bridgehead atoms. The van der Waals surface area contributed by atoms with Crippen LogP contribution in [0.25, 0.3) is 10.8 Å². The Balaban J connectivity index is 1.85. The Morgan fingerprint density at radius 2 is 1.81 bits per heavy atom. The quantitative estimate of drug-likeness (QED) is 0.648. The fraction of sp³-hybridized carbons (Fsp3) is 0.261. The highest BCUT2D eigenvalue weighted by Gasteiger charge is 2.33. The van der Waals surface area contributed by atoms with Gasteiger partial charge in [-0.2, -0.15) is 0 Å². The van der Waals surface area contributed by atoms with E-state index in [-0.39, 0.29) is 0 Å². The predicted molar refractivity (Wildman–Crippen MR) is 108 cm³/mol. The second-order valence-corrected chi connectivity index (χ2v) is 7.37. The lowest BCUT2D eigenvalue weighted by atomic mass is 9.81. The van der Waals surface area contributed by atoms with Crippen LogP contribution in [0, 0.1) is 0 Å². The fourth-order valence-corrected chi connectivity index (χ4v) is 4.11. The first-order valence-corrected chi connectivity index (χ1v) is 9.38. The summed E-state index contributed by atoms with van der Waals surface area (Å²) in [6, 6.07) is 22.4. The fourth-order valence-electron chi connectivity index (χ4n) is 4.11. The highest BCUT2D eigenvalue weighted by atomic mass is 16.4. The first kappa shape index (κ1) is 17.7. The maximum absolute atomic E-state index is 11.3. The number of fused-ring (bicyclic) bond motifs is 1. The molecular formula is C23H24N2O2. The summed E-state index contributed by atoms with van der Waals surface area (Å²) >= 11 is 0. The van der Waals surface area contributed by atoms with E-state index in [4.69, 9.17) is 0 Å². The van der Waals surface area contributed by atoms with E-state index in [1.165, 1.54) is 16.3 Å². The zero-order valence-electron chi connectivity index (χ0n) is 15.4. The summed E-state index contributed by atoms with van der Waals surface area (Å²) in [6.07, 6.45) is 1.08. The van der Waals surface area contributed by atoms with Gasteiger partial charge in [0.2, 0.25) is 0 Å². The summed E-state index contributed by atoms with van der Waals surface area (Å²) in [6.45, 7) is 4.15. The third-order valence-corrected chi connectivity index (χ3v) is 5.59.